The molecule has 3 rings (SSSR count). The maximum Gasteiger partial charge on any atom is 0.238 e. The number of benzene rings is 2. The number of fused-ring (bicyclic) bond motifs is 1. The van der Waals surface area contributed by atoms with Gasteiger partial charge in [0.1, 0.15) is 11.5 Å². The third-order valence-electron chi connectivity index (χ3n) is 4.46. The zero-order valence-electron chi connectivity index (χ0n) is 16.8. The van der Waals surface area contributed by atoms with Crippen molar-refractivity contribution >= 4 is 23.2 Å². The van der Waals surface area contributed by atoms with E-state index in [0.29, 0.717) is 47.7 Å². The van der Waals surface area contributed by atoms with E-state index in [0.717, 1.165) is 17.7 Å². The Kier molecular flexibility index (Phi) is 7.06. The van der Waals surface area contributed by atoms with Crippen LogP contribution in [-0.4, -0.2) is 51.8 Å². The molecule has 0 unspecified atom stereocenters. The number of carbonyl (C=O) groups is 1. The Morgan fingerprint density at radius 1 is 1.14 bits per heavy atom. The van der Waals surface area contributed by atoms with E-state index in [1.807, 2.05) is 30.1 Å². The molecule has 0 bridgehead atoms. The number of ether oxygens (including phenoxy) is 4. The summed E-state index contributed by atoms with van der Waals surface area (Å²) in [6.07, 6.45) is 0.799. The Morgan fingerprint density at radius 3 is 2.55 bits per heavy atom. The van der Waals surface area contributed by atoms with Gasteiger partial charge in [-0.25, -0.2) is 0 Å². The van der Waals surface area contributed by atoms with E-state index in [9.17, 15) is 4.79 Å². The largest absolute Gasteiger partial charge is 0.497 e. The summed E-state index contributed by atoms with van der Waals surface area (Å²) in [5.41, 5.74) is 1.45. The number of anilines is 1. The van der Waals surface area contributed by atoms with Gasteiger partial charge in [-0.05, 0) is 13.1 Å². The van der Waals surface area contributed by atoms with Crippen LogP contribution in [0, 0.1) is 0 Å². The lowest BCUT2D eigenvalue weighted by Crippen LogP contribution is -2.30. The summed E-state index contributed by atoms with van der Waals surface area (Å²) in [5.74, 6) is 2.42. The average molecular weight is 421 g/mol. The van der Waals surface area contributed by atoms with Gasteiger partial charge in [0.2, 0.25) is 5.91 Å². The molecule has 2 aromatic carbocycles. The molecule has 0 aliphatic carbocycles. The van der Waals surface area contributed by atoms with Gasteiger partial charge in [-0.15, -0.1) is 0 Å². The number of carbonyl (C=O) groups excluding carboxylic acids is 1. The Bertz CT molecular complexity index is 874. The number of nitrogens with one attached hydrogen (secondary N) is 1. The number of amides is 1. The maximum atomic E-state index is 12.5. The van der Waals surface area contributed by atoms with Crippen LogP contribution in [0.5, 0.6) is 23.0 Å². The highest BCUT2D eigenvalue weighted by Crippen LogP contribution is 2.37. The topological polar surface area (TPSA) is 69.3 Å². The van der Waals surface area contributed by atoms with Gasteiger partial charge in [0.05, 0.1) is 44.7 Å². The number of halogens is 1. The van der Waals surface area contributed by atoms with Crippen LogP contribution in [0.15, 0.2) is 30.3 Å². The third kappa shape index (κ3) is 5.46. The van der Waals surface area contributed by atoms with Crippen molar-refractivity contribution in [1.82, 2.24) is 4.90 Å². The van der Waals surface area contributed by atoms with Gasteiger partial charge in [0.25, 0.3) is 0 Å². The van der Waals surface area contributed by atoms with Crippen molar-refractivity contribution in [1.29, 1.82) is 0 Å². The Labute approximate surface area is 175 Å². The van der Waals surface area contributed by atoms with Crippen molar-refractivity contribution in [2.45, 2.75) is 13.0 Å². The van der Waals surface area contributed by atoms with Gasteiger partial charge in [-0.3, -0.25) is 9.69 Å². The molecule has 0 aromatic heterocycles. The first kappa shape index (κ1) is 21.1. The van der Waals surface area contributed by atoms with E-state index >= 15 is 0 Å². The molecule has 156 valence electrons. The van der Waals surface area contributed by atoms with Crippen molar-refractivity contribution < 1.29 is 23.7 Å². The lowest BCUT2D eigenvalue weighted by Gasteiger charge is -2.19. The standard InChI is InChI=1S/C21H25ClN2O5/c1-24(12-14-5-6-15(26-2)9-18(14)27-3)13-21(25)23-17-11-20-19(10-16(17)22)28-7-4-8-29-20/h5-6,9-11H,4,7-8,12-13H2,1-3H3,(H,23,25). The SMILES string of the molecule is COc1ccc(CN(C)CC(=O)Nc2cc3c(cc2Cl)OCCCO3)c(OC)c1. The Morgan fingerprint density at radius 2 is 1.86 bits per heavy atom. The zero-order valence-corrected chi connectivity index (χ0v) is 17.5. The van der Waals surface area contributed by atoms with E-state index in [1.54, 1.807) is 26.4 Å². The normalized spacial score (nSPS) is 13.0. The molecule has 0 saturated heterocycles. The van der Waals surface area contributed by atoms with E-state index in [-0.39, 0.29) is 12.5 Å². The van der Waals surface area contributed by atoms with Crippen molar-refractivity contribution in [2.24, 2.45) is 0 Å². The summed E-state index contributed by atoms with van der Waals surface area (Å²) in [7, 11) is 5.07. The van der Waals surface area contributed by atoms with Crippen LogP contribution < -0.4 is 24.3 Å². The fraction of sp³-hybridized carbons (Fsp3) is 0.381. The zero-order chi connectivity index (χ0) is 20.8. The Hall–Kier alpha value is -2.64. The van der Waals surface area contributed by atoms with E-state index in [2.05, 4.69) is 5.32 Å². The summed E-state index contributed by atoms with van der Waals surface area (Å²) in [6.45, 7) is 1.86. The molecule has 0 radical (unpaired) electrons. The Balaban J connectivity index is 1.63. The van der Waals surface area contributed by atoms with Gasteiger partial charge in [0.15, 0.2) is 11.5 Å². The van der Waals surface area contributed by atoms with E-state index in [4.69, 9.17) is 30.5 Å². The minimum absolute atomic E-state index is 0.181. The van der Waals surface area contributed by atoms with Crippen molar-refractivity contribution in [3.63, 3.8) is 0 Å². The highest BCUT2D eigenvalue weighted by molar-refractivity contribution is 6.34. The second kappa shape index (κ2) is 9.71. The van der Waals surface area contributed by atoms with Crippen molar-refractivity contribution in [3.8, 4) is 23.0 Å². The molecule has 0 fully saturated rings. The number of nitrogens with zero attached hydrogens (tertiary/aromatic N) is 1. The molecule has 1 amide bonds. The summed E-state index contributed by atoms with van der Waals surface area (Å²) in [4.78, 5) is 14.4. The van der Waals surface area contributed by atoms with Gasteiger partial charge in [-0.1, -0.05) is 17.7 Å². The van der Waals surface area contributed by atoms with Crippen LogP contribution in [0.4, 0.5) is 5.69 Å². The van der Waals surface area contributed by atoms with Crippen LogP contribution in [0.25, 0.3) is 0 Å². The first-order chi connectivity index (χ1) is 14.0. The summed E-state index contributed by atoms with van der Waals surface area (Å²) < 4.78 is 21.9. The lowest BCUT2D eigenvalue weighted by atomic mass is 10.2. The predicted molar refractivity (Wildman–Crippen MR) is 112 cm³/mol. The third-order valence-corrected chi connectivity index (χ3v) is 4.77. The van der Waals surface area contributed by atoms with Crippen LogP contribution in [0.2, 0.25) is 5.02 Å². The summed E-state index contributed by atoms with van der Waals surface area (Å²) >= 11 is 6.30. The highest BCUT2D eigenvalue weighted by Gasteiger charge is 2.17. The van der Waals surface area contributed by atoms with Gasteiger partial charge in [-0.2, -0.15) is 0 Å². The minimum Gasteiger partial charge on any atom is -0.497 e. The second-order valence-electron chi connectivity index (χ2n) is 6.73. The molecule has 8 heteroatoms. The molecule has 0 spiro atoms. The second-order valence-corrected chi connectivity index (χ2v) is 7.13. The number of methoxy groups -OCH3 is 2. The van der Waals surface area contributed by atoms with Gasteiger partial charge in [0, 0.05) is 36.7 Å². The fourth-order valence-electron chi connectivity index (χ4n) is 3.04. The predicted octanol–water partition coefficient (Wildman–Crippen LogP) is 3.59. The first-order valence-electron chi connectivity index (χ1n) is 9.28. The molecule has 0 atom stereocenters. The maximum absolute atomic E-state index is 12.5. The number of likely N-dealkylation sites (N-methyl/N-ethyl adjacent to an activating group) is 1. The van der Waals surface area contributed by atoms with Crippen molar-refractivity contribution in [3.05, 3.63) is 40.9 Å². The average Bonchev–Trinajstić information content (AvgIpc) is 2.93. The smallest absolute Gasteiger partial charge is 0.238 e. The summed E-state index contributed by atoms with van der Waals surface area (Å²) in [6, 6.07) is 8.98. The highest BCUT2D eigenvalue weighted by atomic mass is 35.5. The van der Waals surface area contributed by atoms with Crippen molar-refractivity contribution in [2.75, 3.05) is 46.3 Å². The molecule has 1 aliphatic rings. The molecular weight excluding hydrogens is 396 g/mol. The molecule has 1 aliphatic heterocycles. The molecule has 1 N–H and O–H groups in total. The molecule has 29 heavy (non-hydrogen) atoms. The summed E-state index contributed by atoms with van der Waals surface area (Å²) in [5, 5.41) is 3.25. The van der Waals surface area contributed by atoms with Crippen LogP contribution in [-0.2, 0) is 11.3 Å². The van der Waals surface area contributed by atoms with E-state index in [1.165, 1.54) is 0 Å². The van der Waals surface area contributed by atoms with Gasteiger partial charge >= 0.3 is 0 Å². The van der Waals surface area contributed by atoms with Crippen LogP contribution >= 0.6 is 11.6 Å². The number of hydrogen-bond donors (Lipinski definition) is 1. The molecule has 1 heterocycles. The van der Waals surface area contributed by atoms with E-state index < -0.39 is 0 Å². The number of hydrogen-bond acceptors (Lipinski definition) is 6. The molecular formula is C21H25ClN2O5. The minimum atomic E-state index is -0.184. The fourth-order valence-corrected chi connectivity index (χ4v) is 3.24. The van der Waals surface area contributed by atoms with Crippen LogP contribution in [0.3, 0.4) is 0 Å². The van der Waals surface area contributed by atoms with Crippen LogP contribution in [0.1, 0.15) is 12.0 Å². The quantitative estimate of drug-likeness (QED) is 0.738. The molecule has 0 saturated carbocycles. The molecule has 2 aromatic rings. The molecule has 7 nitrogen and oxygen atoms in total. The van der Waals surface area contributed by atoms with Gasteiger partial charge < -0.3 is 24.3 Å². The lowest BCUT2D eigenvalue weighted by molar-refractivity contribution is -0.117. The first-order valence-corrected chi connectivity index (χ1v) is 9.66. The monoisotopic (exact) mass is 420 g/mol. The number of rotatable bonds is 7.